The lowest BCUT2D eigenvalue weighted by Crippen LogP contribution is -2.40. The fraction of sp³-hybridized carbons (Fsp3) is 0.647. The van der Waals surface area contributed by atoms with Gasteiger partial charge in [0.2, 0.25) is 0 Å². The maximum absolute atomic E-state index is 5.91. The van der Waals surface area contributed by atoms with E-state index in [0.29, 0.717) is 19.8 Å². The summed E-state index contributed by atoms with van der Waals surface area (Å²) in [6, 6.07) is 6.71. The average Bonchev–Trinajstić information content (AvgIpc) is 2.88. The fourth-order valence-electron chi connectivity index (χ4n) is 3.10. The first kappa shape index (κ1) is 14.8. The summed E-state index contributed by atoms with van der Waals surface area (Å²) in [6.07, 6.45) is 2.47. The van der Waals surface area contributed by atoms with Crippen LogP contribution < -0.4 is 10.1 Å². The van der Waals surface area contributed by atoms with E-state index in [1.807, 2.05) is 0 Å². The maximum Gasteiger partial charge on any atom is 0.123 e. The first-order valence-corrected chi connectivity index (χ1v) is 8.00. The SMILES string of the molecule is CCCNC(c1ccc2c(c1)CC(C)O2)C1COCCO1. The first-order valence-electron chi connectivity index (χ1n) is 8.00. The van der Waals surface area contributed by atoms with Gasteiger partial charge in [0.15, 0.2) is 0 Å². The lowest BCUT2D eigenvalue weighted by molar-refractivity contribution is -0.102. The zero-order chi connectivity index (χ0) is 14.7. The zero-order valence-electron chi connectivity index (χ0n) is 12.9. The molecule has 0 aromatic heterocycles. The van der Waals surface area contributed by atoms with Crippen LogP contribution in [0.3, 0.4) is 0 Å². The van der Waals surface area contributed by atoms with Crippen molar-refractivity contribution in [3.63, 3.8) is 0 Å². The van der Waals surface area contributed by atoms with Crippen LogP contribution in [0.1, 0.15) is 37.4 Å². The van der Waals surface area contributed by atoms with Crippen molar-refractivity contribution >= 4 is 0 Å². The molecule has 21 heavy (non-hydrogen) atoms. The molecule has 0 radical (unpaired) electrons. The molecule has 1 N–H and O–H groups in total. The molecule has 2 heterocycles. The topological polar surface area (TPSA) is 39.7 Å². The second kappa shape index (κ2) is 6.77. The highest BCUT2D eigenvalue weighted by Crippen LogP contribution is 2.32. The number of ether oxygens (including phenoxy) is 3. The Morgan fingerprint density at radius 1 is 1.33 bits per heavy atom. The van der Waals surface area contributed by atoms with E-state index in [1.54, 1.807) is 0 Å². The van der Waals surface area contributed by atoms with Crippen LogP contribution in [-0.2, 0) is 15.9 Å². The van der Waals surface area contributed by atoms with Gasteiger partial charge in [0.05, 0.1) is 25.9 Å². The van der Waals surface area contributed by atoms with Gasteiger partial charge in [-0.25, -0.2) is 0 Å². The third kappa shape index (κ3) is 3.39. The van der Waals surface area contributed by atoms with Crippen LogP contribution in [-0.4, -0.2) is 38.6 Å². The molecule has 1 fully saturated rings. The maximum atomic E-state index is 5.91. The lowest BCUT2D eigenvalue weighted by Gasteiger charge is -2.31. The highest BCUT2D eigenvalue weighted by atomic mass is 16.6. The third-order valence-electron chi connectivity index (χ3n) is 4.11. The minimum Gasteiger partial charge on any atom is -0.490 e. The van der Waals surface area contributed by atoms with Crippen LogP contribution in [0.2, 0.25) is 0 Å². The van der Waals surface area contributed by atoms with Crippen LogP contribution in [0.5, 0.6) is 5.75 Å². The molecule has 0 spiro atoms. The summed E-state index contributed by atoms with van der Waals surface area (Å²) in [5.41, 5.74) is 2.58. The Kier molecular flexibility index (Phi) is 4.78. The van der Waals surface area contributed by atoms with Crippen LogP contribution in [0, 0.1) is 0 Å². The van der Waals surface area contributed by atoms with E-state index in [2.05, 4.69) is 37.4 Å². The van der Waals surface area contributed by atoms with E-state index < -0.39 is 0 Å². The molecule has 3 unspecified atom stereocenters. The molecule has 3 atom stereocenters. The molecule has 4 nitrogen and oxygen atoms in total. The van der Waals surface area contributed by atoms with E-state index in [-0.39, 0.29) is 18.2 Å². The van der Waals surface area contributed by atoms with Crippen LogP contribution in [0.15, 0.2) is 18.2 Å². The predicted octanol–water partition coefficient (Wildman–Crippen LogP) is 2.47. The molecule has 1 aromatic rings. The molecule has 0 saturated carbocycles. The van der Waals surface area contributed by atoms with Gasteiger partial charge < -0.3 is 19.5 Å². The third-order valence-corrected chi connectivity index (χ3v) is 4.11. The summed E-state index contributed by atoms with van der Waals surface area (Å²) in [5, 5.41) is 3.61. The molecule has 0 aliphatic carbocycles. The lowest BCUT2D eigenvalue weighted by atomic mass is 9.97. The summed E-state index contributed by atoms with van der Waals surface area (Å²) in [6.45, 7) is 7.32. The highest BCUT2D eigenvalue weighted by Gasteiger charge is 2.28. The van der Waals surface area contributed by atoms with Crippen molar-refractivity contribution in [2.24, 2.45) is 0 Å². The normalized spacial score (nSPS) is 26.2. The van der Waals surface area contributed by atoms with Gasteiger partial charge in [0, 0.05) is 6.42 Å². The fourth-order valence-corrected chi connectivity index (χ4v) is 3.10. The molecule has 3 rings (SSSR count). The molecule has 2 aliphatic heterocycles. The minimum absolute atomic E-state index is 0.0862. The largest absolute Gasteiger partial charge is 0.490 e. The van der Waals surface area contributed by atoms with Gasteiger partial charge >= 0.3 is 0 Å². The Bertz CT molecular complexity index is 471. The quantitative estimate of drug-likeness (QED) is 0.904. The molecule has 1 aromatic carbocycles. The summed E-state index contributed by atoms with van der Waals surface area (Å²) in [4.78, 5) is 0. The van der Waals surface area contributed by atoms with Crippen LogP contribution in [0.4, 0.5) is 0 Å². The van der Waals surface area contributed by atoms with Crippen molar-refractivity contribution in [3.05, 3.63) is 29.3 Å². The van der Waals surface area contributed by atoms with E-state index in [0.717, 1.165) is 25.1 Å². The molecule has 0 amide bonds. The van der Waals surface area contributed by atoms with Gasteiger partial charge in [0.1, 0.15) is 18.0 Å². The Balaban J connectivity index is 1.80. The number of rotatable bonds is 5. The number of hydrogen-bond acceptors (Lipinski definition) is 4. The van der Waals surface area contributed by atoms with Crippen molar-refractivity contribution in [3.8, 4) is 5.75 Å². The number of benzene rings is 1. The van der Waals surface area contributed by atoms with Crippen LogP contribution in [0.25, 0.3) is 0 Å². The Labute approximate surface area is 126 Å². The summed E-state index contributed by atoms with van der Waals surface area (Å²) in [7, 11) is 0. The molecule has 116 valence electrons. The van der Waals surface area contributed by atoms with Gasteiger partial charge in [-0.2, -0.15) is 0 Å². The Morgan fingerprint density at radius 3 is 3.00 bits per heavy atom. The average molecular weight is 291 g/mol. The van der Waals surface area contributed by atoms with Crippen LogP contribution >= 0.6 is 0 Å². The van der Waals surface area contributed by atoms with E-state index in [1.165, 1.54) is 11.1 Å². The molecular formula is C17H25NO3. The van der Waals surface area contributed by atoms with Gasteiger partial charge in [-0.1, -0.05) is 19.1 Å². The highest BCUT2D eigenvalue weighted by molar-refractivity contribution is 5.41. The van der Waals surface area contributed by atoms with Crippen molar-refractivity contribution < 1.29 is 14.2 Å². The minimum atomic E-state index is 0.0862. The Hall–Kier alpha value is -1.10. The van der Waals surface area contributed by atoms with E-state index >= 15 is 0 Å². The molecule has 0 bridgehead atoms. The van der Waals surface area contributed by atoms with Crippen molar-refractivity contribution in [2.45, 2.75) is 44.9 Å². The van der Waals surface area contributed by atoms with Crippen molar-refractivity contribution in [2.75, 3.05) is 26.4 Å². The molecular weight excluding hydrogens is 266 g/mol. The second-order valence-electron chi connectivity index (χ2n) is 5.92. The van der Waals surface area contributed by atoms with Crippen molar-refractivity contribution in [1.29, 1.82) is 0 Å². The standard InChI is InChI=1S/C17H25NO3/c1-3-6-18-17(16-11-19-7-8-20-16)13-4-5-15-14(10-13)9-12(2)21-15/h4-5,10,12,16-18H,3,6-9,11H2,1-2H3. The van der Waals surface area contributed by atoms with Gasteiger partial charge in [-0.05, 0) is 37.1 Å². The van der Waals surface area contributed by atoms with Gasteiger partial charge in [0.25, 0.3) is 0 Å². The predicted molar refractivity (Wildman–Crippen MR) is 81.8 cm³/mol. The van der Waals surface area contributed by atoms with E-state index in [9.17, 15) is 0 Å². The van der Waals surface area contributed by atoms with Crippen molar-refractivity contribution in [1.82, 2.24) is 5.32 Å². The van der Waals surface area contributed by atoms with E-state index in [4.69, 9.17) is 14.2 Å². The van der Waals surface area contributed by atoms with Gasteiger partial charge in [-0.3, -0.25) is 0 Å². The smallest absolute Gasteiger partial charge is 0.123 e. The monoisotopic (exact) mass is 291 g/mol. The molecule has 2 aliphatic rings. The number of hydrogen-bond donors (Lipinski definition) is 1. The number of fused-ring (bicyclic) bond motifs is 1. The summed E-state index contributed by atoms with van der Waals surface area (Å²) >= 11 is 0. The zero-order valence-corrected chi connectivity index (χ0v) is 12.9. The Morgan fingerprint density at radius 2 is 2.24 bits per heavy atom. The number of nitrogens with one attached hydrogen (secondary N) is 1. The first-order chi connectivity index (χ1) is 10.3. The second-order valence-corrected chi connectivity index (χ2v) is 5.92. The molecule has 1 saturated heterocycles. The van der Waals surface area contributed by atoms with Gasteiger partial charge in [-0.15, -0.1) is 0 Å². The molecule has 4 heteroatoms. The summed E-state index contributed by atoms with van der Waals surface area (Å²) in [5.74, 6) is 1.03. The summed E-state index contributed by atoms with van der Waals surface area (Å²) < 4.78 is 17.3.